The van der Waals surface area contributed by atoms with E-state index in [1.165, 1.54) is 12.1 Å². The summed E-state index contributed by atoms with van der Waals surface area (Å²) in [5.74, 6) is 6.30. The summed E-state index contributed by atoms with van der Waals surface area (Å²) in [7, 11) is 0. The van der Waals surface area contributed by atoms with Gasteiger partial charge in [-0.3, -0.25) is 9.69 Å². The molecule has 0 atom stereocenters. The number of hydrogen-bond donors (Lipinski definition) is 0. The predicted octanol–water partition coefficient (Wildman–Crippen LogP) is 3.38. The summed E-state index contributed by atoms with van der Waals surface area (Å²) in [4.78, 5) is 18.1. The number of carbonyl (C=O) groups excluding carboxylic acids is 1. The average Bonchev–Trinajstić information content (AvgIpc) is 2.79. The molecule has 1 saturated heterocycles. The summed E-state index contributed by atoms with van der Waals surface area (Å²) < 4.78 is 13.1. The maximum absolute atomic E-state index is 13.1. The molecule has 4 heteroatoms. The second-order valence-corrected chi connectivity index (χ2v) is 6.49. The highest BCUT2D eigenvalue weighted by atomic mass is 19.1. The van der Waals surface area contributed by atoms with Crippen LogP contribution in [0.15, 0.2) is 42.6 Å². The van der Waals surface area contributed by atoms with Crippen LogP contribution in [0.3, 0.4) is 0 Å². The fourth-order valence-electron chi connectivity index (χ4n) is 2.62. The summed E-state index contributed by atoms with van der Waals surface area (Å²) in [5.41, 5.74) is 1.32. The summed E-state index contributed by atoms with van der Waals surface area (Å²) in [6.45, 7) is 4.82. The lowest BCUT2D eigenvalue weighted by Crippen LogP contribution is -2.26. The van der Waals surface area contributed by atoms with Gasteiger partial charge in [-0.2, -0.15) is 0 Å². The van der Waals surface area contributed by atoms with Crippen LogP contribution in [0.25, 0.3) is 0 Å². The molecule has 1 fully saturated rings. The van der Waals surface area contributed by atoms with Crippen LogP contribution >= 0.6 is 0 Å². The van der Waals surface area contributed by atoms with E-state index in [1.807, 2.05) is 6.07 Å². The number of nitrogens with zero attached hydrogens (tertiary/aromatic N) is 2. The summed E-state index contributed by atoms with van der Waals surface area (Å²) in [5, 5.41) is 0. The molecule has 1 aliphatic rings. The molecule has 116 valence electrons. The number of benzene rings is 1. The molecule has 0 saturated carbocycles. The van der Waals surface area contributed by atoms with Crippen LogP contribution in [0, 0.1) is 23.1 Å². The summed E-state index contributed by atoms with van der Waals surface area (Å²) >= 11 is 0. The number of anilines is 1. The van der Waals surface area contributed by atoms with Crippen LogP contribution in [0.4, 0.5) is 10.2 Å². The van der Waals surface area contributed by atoms with Gasteiger partial charge in [0.2, 0.25) is 5.91 Å². The van der Waals surface area contributed by atoms with Crippen LogP contribution in [-0.2, 0) is 4.79 Å². The number of halogens is 1. The van der Waals surface area contributed by atoms with Crippen molar-refractivity contribution in [2.75, 3.05) is 11.4 Å². The van der Waals surface area contributed by atoms with Crippen LogP contribution in [0.1, 0.15) is 31.4 Å². The fourth-order valence-corrected chi connectivity index (χ4v) is 2.62. The van der Waals surface area contributed by atoms with Crippen molar-refractivity contribution >= 4 is 11.7 Å². The first-order chi connectivity index (χ1) is 10.9. The average molecular weight is 308 g/mol. The van der Waals surface area contributed by atoms with Gasteiger partial charge >= 0.3 is 0 Å². The standard InChI is InChI=1S/C19H17FN2O/c1-19(2)11-18(23)22(13-19)17-9-8-15(12-21-17)7-6-14-4-3-5-16(20)10-14/h3-5,8-10,12H,11,13H2,1-2H3. The molecule has 23 heavy (non-hydrogen) atoms. The Kier molecular flexibility index (Phi) is 3.87. The Morgan fingerprint density at radius 1 is 1.17 bits per heavy atom. The van der Waals surface area contributed by atoms with E-state index in [0.717, 1.165) is 5.56 Å². The van der Waals surface area contributed by atoms with Crippen molar-refractivity contribution in [1.82, 2.24) is 4.98 Å². The topological polar surface area (TPSA) is 33.2 Å². The maximum atomic E-state index is 13.1. The van der Waals surface area contributed by atoms with Gasteiger partial charge in [-0.15, -0.1) is 0 Å². The quantitative estimate of drug-likeness (QED) is 0.757. The normalized spacial score (nSPS) is 16.1. The minimum absolute atomic E-state index is 0.0192. The van der Waals surface area contributed by atoms with Crippen molar-refractivity contribution in [3.8, 4) is 11.8 Å². The summed E-state index contributed by atoms with van der Waals surface area (Å²) in [6.07, 6.45) is 2.18. The number of carbonyl (C=O) groups is 1. The van der Waals surface area contributed by atoms with E-state index in [0.29, 0.717) is 24.3 Å². The molecule has 2 aromatic rings. The molecular weight excluding hydrogens is 291 g/mol. The molecule has 1 aliphatic heterocycles. The molecule has 2 heterocycles. The predicted molar refractivity (Wildman–Crippen MR) is 87.4 cm³/mol. The second-order valence-electron chi connectivity index (χ2n) is 6.49. The number of hydrogen-bond acceptors (Lipinski definition) is 2. The molecule has 0 spiro atoms. The molecule has 0 radical (unpaired) electrons. The lowest BCUT2D eigenvalue weighted by Gasteiger charge is -2.18. The number of pyridine rings is 1. The van der Waals surface area contributed by atoms with E-state index in [9.17, 15) is 9.18 Å². The minimum Gasteiger partial charge on any atom is -0.296 e. The van der Waals surface area contributed by atoms with E-state index >= 15 is 0 Å². The monoisotopic (exact) mass is 308 g/mol. The first-order valence-electron chi connectivity index (χ1n) is 7.47. The third-order valence-corrected chi connectivity index (χ3v) is 3.72. The minimum atomic E-state index is -0.305. The zero-order chi connectivity index (χ0) is 16.4. The largest absolute Gasteiger partial charge is 0.296 e. The Hall–Kier alpha value is -2.67. The SMILES string of the molecule is CC1(C)CC(=O)N(c2ccc(C#Cc3cccc(F)c3)cn2)C1. The Morgan fingerprint density at radius 3 is 2.57 bits per heavy atom. The zero-order valence-electron chi connectivity index (χ0n) is 13.1. The van der Waals surface area contributed by atoms with Crippen molar-refractivity contribution < 1.29 is 9.18 Å². The van der Waals surface area contributed by atoms with Crippen LogP contribution in [-0.4, -0.2) is 17.4 Å². The third kappa shape index (κ3) is 3.57. The van der Waals surface area contributed by atoms with Gasteiger partial charge in [0.25, 0.3) is 0 Å². The van der Waals surface area contributed by atoms with Gasteiger partial charge in [-0.1, -0.05) is 31.8 Å². The Labute approximate surface area is 135 Å². The lowest BCUT2D eigenvalue weighted by atomic mass is 9.93. The third-order valence-electron chi connectivity index (χ3n) is 3.72. The molecule has 1 amide bonds. The lowest BCUT2D eigenvalue weighted by molar-refractivity contribution is -0.117. The number of amides is 1. The highest BCUT2D eigenvalue weighted by Gasteiger charge is 2.36. The van der Waals surface area contributed by atoms with Crippen molar-refractivity contribution in [2.45, 2.75) is 20.3 Å². The summed E-state index contributed by atoms with van der Waals surface area (Å²) in [6, 6.07) is 9.78. The fraction of sp³-hybridized carbons (Fsp3) is 0.263. The van der Waals surface area contributed by atoms with Crippen molar-refractivity contribution in [3.05, 3.63) is 59.5 Å². The first-order valence-corrected chi connectivity index (χ1v) is 7.47. The Bertz CT molecular complexity index is 800. The Balaban J connectivity index is 1.77. The van der Waals surface area contributed by atoms with Crippen molar-refractivity contribution in [3.63, 3.8) is 0 Å². The van der Waals surface area contributed by atoms with Gasteiger partial charge in [-0.05, 0) is 35.7 Å². The molecule has 3 nitrogen and oxygen atoms in total. The molecule has 1 aromatic heterocycles. The van der Waals surface area contributed by atoms with Gasteiger partial charge < -0.3 is 0 Å². The molecule has 3 rings (SSSR count). The molecule has 1 aromatic carbocycles. The van der Waals surface area contributed by atoms with E-state index in [2.05, 4.69) is 30.7 Å². The highest BCUT2D eigenvalue weighted by molar-refractivity contribution is 5.95. The van der Waals surface area contributed by atoms with Gasteiger partial charge in [0.1, 0.15) is 11.6 Å². The molecule has 0 N–H and O–H groups in total. The van der Waals surface area contributed by atoms with Gasteiger partial charge in [0, 0.05) is 30.3 Å². The maximum Gasteiger partial charge on any atom is 0.228 e. The molecule has 0 aliphatic carbocycles. The van der Waals surface area contributed by atoms with Gasteiger partial charge in [-0.25, -0.2) is 9.37 Å². The number of aromatic nitrogens is 1. The van der Waals surface area contributed by atoms with E-state index in [1.54, 1.807) is 29.3 Å². The number of rotatable bonds is 1. The molecule has 0 bridgehead atoms. The second kappa shape index (κ2) is 5.85. The van der Waals surface area contributed by atoms with Gasteiger partial charge in [0.05, 0.1) is 0 Å². The first kappa shape index (κ1) is 15.2. The molecule has 0 unspecified atom stereocenters. The Morgan fingerprint density at radius 2 is 1.96 bits per heavy atom. The van der Waals surface area contributed by atoms with Gasteiger partial charge in [0.15, 0.2) is 0 Å². The van der Waals surface area contributed by atoms with E-state index in [4.69, 9.17) is 0 Å². The molecular formula is C19H17FN2O. The van der Waals surface area contributed by atoms with Crippen molar-refractivity contribution in [2.24, 2.45) is 5.41 Å². The zero-order valence-corrected chi connectivity index (χ0v) is 13.1. The van der Waals surface area contributed by atoms with E-state index in [-0.39, 0.29) is 17.1 Å². The smallest absolute Gasteiger partial charge is 0.228 e. The van der Waals surface area contributed by atoms with Crippen molar-refractivity contribution in [1.29, 1.82) is 0 Å². The van der Waals surface area contributed by atoms with Crippen LogP contribution < -0.4 is 4.90 Å². The van der Waals surface area contributed by atoms with E-state index < -0.39 is 0 Å². The highest BCUT2D eigenvalue weighted by Crippen LogP contribution is 2.32. The van der Waals surface area contributed by atoms with Crippen LogP contribution in [0.5, 0.6) is 0 Å². The van der Waals surface area contributed by atoms with Crippen LogP contribution in [0.2, 0.25) is 0 Å².